The first-order valence-electron chi connectivity index (χ1n) is 4.73. The van der Waals surface area contributed by atoms with Crippen molar-refractivity contribution >= 4 is 6.08 Å². The predicted octanol–water partition coefficient (Wildman–Crippen LogP) is 3.51. The Balaban J connectivity index is 2.53. The van der Waals surface area contributed by atoms with Crippen molar-refractivity contribution in [1.29, 1.82) is 0 Å². The molecule has 13 heavy (non-hydrogen) atoms. The summed E-state index contributed by atoms with van der Waals surface area (Å²) in [5, 5.41) is 0. The lowest BCUT2D eigenvalue weighted by atomic mass is 9.90. The third-order valence-electron chi connectivity index (χ3n) is 2.68. The standard InChI is InChI=1S/C13H14/c1-3-11-7-8-12-6-4-5-10(2)13(12)9-11/h3-8H,9H2,1-2H3/b11-3-. The molecule has 0 heteroatoms. The fourth-order valence-corrected chi connectivity index (χ4v) is 1.78. The van der Waals surface area contributed by atoms with Gasteiger partial charge in [-0.1, -0.05) is 36.4 Å². The molecular weight excluding hydrogens is 156 g/mol. The molecule has 1 aliphatic rings. The molecule has 0 saturated heterocycles. The van der Waals surface area contributed by atoms with Gasteiger partial charge in [0, 0.05) is 0 Å². The van der Waals surface area contributed by atoms with Gasteiger partial charge in [-0.15, -0.1) is 0 Å². The van der Waals surface area contributed by atoms with Crippen LogP contribution in [0, 0.1) is 6.92 Å². The molecule has 66 valence electrons. The minimum atomic E-state index is 1.09. The highest BCUT2D eigenvalue weighted by Crippen LogP contribution is 2.24. The van der Waals surface area contributed by atoms with E-state index in [0.29, 0.717) is 0 Å². The minimum Gasteiger partial charge on any atom is -0.0841 e. The van der Waals surface area contributed by atoms with E-state index in [2.05, 4.69) is 50.3 Å². The third kappa shape index (κ3) is 1.44. The maximum absolute atomic E-state index is 2.21. The van der Waals surface area contributed by atoms with Gasteiger partial charge in [0.1, 0.15) is 0 Å². The molecule has 0 aliphatic heterocycles. The van der Waals surface area contributed by atoms with E-state index in [-0.39, 0.29) is 0 Å². The van der Waals surface area contributed by atoms with Gasteiger partial charge in [0.25, 0.3) is 0 Å². The largest absolute Gasteiger partial charge is 0.0841 e. The Morgan fingerprint density at radius 3 is 2.85 bits per heavy atom. The van der Waals surface area contributed by atoms with E-state index in [1.54, 1.807) is 0 Å². The lowest BCUT2D eigenvalue weighted by Gasteiger charge is -2.14. The predicted molar refractivity (Wildman–Crippen MR) is 57.7 cm³/mol. The van der Waals surface area contributed by atoms with Gasteiger partial charge in [-0.05, 0) is 42.5 Å². The van der Waals surface area contributed by atoms with Gasteiger partial charge in [-0.2, -0.15) is 0 Å². The molecule has 0 atom stereocenters. The first-order valence-corrected chi connectivity index (χ1v) is 4.73. The molecule has 1 aromatic carbocycles. The molecule has 0 heterocycles. The molecule has 1 aromatic rings. The zero-order chi connectivity index (χ0) is 9.26. The average molecular weight is 170 g/mol. The van der Waals surface area contributed by atoms with Crippen LogP contribution in [0.1, 0.15) is 23.6 Å². The summed E-state index contributed by atoms with van der Waals surface area (Å²) in [7, 11) is 0. The van der Waals surface area contributed by atoms with Crippen LogP contribution in [0.2, 0.25) is 0 Å². The summed E-state index contributed by atoms with van der Waals surface area (Å²) in [6.07, 6.45) is 7.70. The zero-order valence-electron chi connectivity index (χ0n) is 8.17. The molecule has 0 N–H and O–H groups in total. The number of benzene rings is 1. The van der Waals surface area contributed by atoms with Crippen molar-refractivity contribution in [2.24, 2.45) is 0 Å². The van der Waals surface area contributed by atoms with Crippen molar-refractivity contribution in [2.75, 3.05) is 0 Å². The second-order valence-corrected chi connectivity index (χ2v) is 3.52. The molecule has 0 aromatic heterocycles. The summed E-state index contributed by atoms with van der Waals surface area (Å²) < 4.78 is 0. The molecule has 0 amide bonds. The number of allylic oxidation sites excluding steroid dienone is 3. The molecule has 0 saturated carbocycles. The number of hydrogen-bond donors (Lipinski definition) is 0. The number of rotatable bonds is 0. The van der Waals surface area contributed by atoms with Crippen LogP contribution < -0.4 is 0 Å². The molecule has 2 rings (SSSR count). The van der Waals surface area contributed by atoms with Gasteiger partial charge in [0.15, 0.2) is 0 Å². The molecule has 0 fully saturated rings. The van der Waals surface area contributed by atoms with Gasteiger partial charge in [-0.25, -0.2) is 0 Å². The number of fused-ring (bicyclic) bond motifs is 1. The van der Waals surface area contributed by atoms with Crippen molar-refractivity contribution in [1.82, 2.24) is 0 Å². The Hall–Kier alpha value is -1.30. The maximum Gasteiger partial charge on any atom is -0.00205 e. The molecule has 0 unspecified atom stereocenters. The van der Waals surface area contributed by atoms with Crippen LogP contribution in [0.25, 0.3) is 6.08 Å². The van der Waals surface area contributed by atoms with Crippen molar-refractivity contribution in [3.8, 4) is 0 Å². The van der Waals surface area contributed by atoms with E-state index in [1.807, 2.05) is 0 Å². The highest BCUT2D eigenvalue weighted by atomic mass is 14.1. The molecule has 0 spiro atoms. The highest BCUT2D eigenvalue weighted by Gasteiger charge is 2.08. The van der Waals surface area contributed by atoms with E-state index >= 15 is 0 Å². The third-order valence-corrected chi connectivity index (χ3v) is 2.68. The monoisotopic (exact) mass is 170 g/mol. The summed E-state index contributed by atoms with van der Waals surface area (Å²) in [5.41, 5.74) is 5.69. The summed E-state index contributed by atoms with van der Waals surface area (Å²) >= 11 is 0. The average Bonchev–Trinajstić information content (AvgIpc) is 2.18. The Labute approximate surface area is 79.6 Å². The lowest BCUT2D eigenvalue weighted by molar-refractivity contribution is 1.13. The van der Waals surface area contributed by atoms with Gasteiger partial charge < -0.3 is 0 Å². The van der Waals surface area contributed by atoms with Crippen LogP contribution in [-0.2, 0) is 6.42 Å². The highest BCUT2D eigenvalue weighted by molar-refractivity contribution is 5.63. The second kappa shape index (κ2) is 3.21. The quantitative estimate of drug-likeness (QED) is 0.559. The molecule has 0 radical (unpaired) electrons. The van der Waals surface area contributed by atoms with Crippen LogP contribution in [0.5, 0.6) is 0 Å². The maximum atomic E-state index is 2.21. The fraction of sp³-hybridized carbons (Fsp3) is 0.231. The van der Waals surface area contributed by atoms with Crippen molar-refractivity contribution in [2.45, 2.75) is 20.3 Å². The van der Waals surface area contributed by atoms with Gasteiger partial charge >= 0.3 is 0 Å². The first kappa shape index (κ1) is 8.31. The molecule has 1 aliphatic carbocycles. The van der Waals surface area contributed by atoms with E-state index in [0.717, 1.165) is 6.42 Å². The Kier molecular flexibility index (Phi) is 2.05. The van der Waals surface area contributed by atoms with E-state index < -0.39 is 0 Å². The number of aryl methyl sites for hydroxylation is 1. The molecule has 0 bridgehead atoms. The van der Waals surface area contributed by atoms with Gasteiger partial charge in [-0.3, -0.25) is 0 Å². The topological polar surface area (TPSA) is 0 Å². The Morgan fingerprint density at radius 1 is 1.23 bits per heavy atom. The number of hydrogen-bond acceptors (Lipinski definition) is 0. The summed E-state index contributed by atoms with van der Waals surface area (Å²) in [6.45, 7) is 4.29. The van der Waals surface area contributed by atoms with E-state index in [4.69, 9.17) is 0 Å². The van der Waals surface area contributed by atoms with Crippen LogP contribution in [0.3, 0.4) is 0 Å². The van der Waals surface area contributed by atoms with Crippen LogP contribution in [-0.4, -0.2) is 0 Å². The Bertz CT molecular complexity index is 381. The van der Waals surface area contributed by atoms with Crippen molar-refractivity contribution in [3.63, 3.8) is 0 Å². The molecule has 0 nitrogen and oxygen atoms in total. The summed E-state index contributed by atoms with van der Waals surface area (Å²) in [4.78, 5) is 0. The van der Waals surface area contributed by atoms with Gasteiger partial charge in [0.2, 0.25) is 0 Å². The summed E-state index contributed by atoms with van der Waals surface area (Å²) in [5.74, 6) is 0. The minimum absolute atomic E-state index is 1.09. The first-order chi connectivity index (χ1) is 6.31. The second-order valence-electron chi connectivity index (χ2n) is 3.52. The SMILES string of the molecule is C/C=C1/C=Cc2cccc(C)c2C1. The normalized spacial score (nSPS) is 17.5. The fourth-order valence-electron chi connectivity index (χ4n) is 1.78. The van der Waals surface area contributed by atoms with Crippen molar-refractivity contribution in [3.05, 3.63) is 52.6 Å². The lowest BCUT2D eigenvalue weighted by Crippen LogP contribution is -1.99. The summed E-state index contributed by atoms with van der Waals surface area (Å²) in [6, 6.07) is 6.50. The zero-order valence-corrected chi connectivity index (χ0v) is 8.17. The van der Waals surface area contributed by atoms with E-state index in [9.17, 15) is 0 Å². The van der Waals surface area contributed by atoms with Gasteiger partial charge in [0.05, 0.1) is 0 Å². The molecular formula is C13H14. The van der Waals surface area contributed by atoms with Crippen LogP contribution in [0.15, 0.2) is 35.9 Å². The van der Waals surface area contributed by atoms with Crippen LogP contribution >= 0.6 is 0 Å². The van der Waals surface area contributed by atoms with Crippen molar-refractivity contribution < 1.29 is 0 Å². The van der Waals surface area contributed by atoms with Crippen LogP contribution in [0.4, 0.5) is 0 Å². The smallest absolute Gasteiger partial charge is 0.00205 e. The van der Waals surface area contributed by atoms with E-state index in [1.165, 1.54) is 22.3 Å². The Morgan fingerprint density at radius 2 is 2.08 bits per heavy atom.